The summed E-state index contributed by atoms with van der Waals surface area (Å²) in [4.78, 5) is 21.3. The molecular weight excluding hydrogens is 402 g/mol. The summed E-state index contributed by atoms with van der Waals surface area (Å²) >= 11 is 5.89. The molecule has 30 heavy (non-hydrogen) atoms. The summed E-state index contributed by atoms with van der Waals surface area (Å²) in [5.41, 5.74) is 1.10. The third-order valence-electron chi connectivity index (χ3n) is 5.10. The van der Waals surface area contributed by atoms with Crippen LogP contribution in [0.5, 0.6) is 5.75 Å². The fourth-order valence-corrected chi connectivity index (χ4v) is 3.54. The fraction of sp³-hybridized carbons (Fsp3) is 0.478. The standard InChI is InChI=1S/C23H30ClN3O3/c24-21-4-6-22(7-5-21)30-16-1-3-23(28)27(19-20-8-10-25-11-9-20)13-2-12-26-14-17-29-18-15-26/h4-11H,1-3,12-19H2. The van der Waals surface area contributed by atoms with Gasteiger partial charge in [0.05, 0.1) is 19.8 Å². The predicted octanol–water partition coefficient (Wildman–Crippen LogP) is 3.65. The van der Waals surface area contributed by atoms with Crippen LogP contribution < -0.4 is 4.74 Å². The lowest BCUT2D eigenvalue weighted by Crippen LogP contribution is -2.39. The minimum atomic E-state index is 0.161. The molecule has 2 heterocycles. The van der Waals surface area contributed by atoms with Crippen LogP contribution in [0.15, 0.2) is 48.8 Å². The molecule has 1 aliphatic rings. The summed E-state index contributed by atoms with van der Waals surface area (Å²) in [5.74, 6) is 0.930. The van der Waals surface area contributed by atoms with Crippen LogP contribution in [0.2, 0.25) is 5.02 Å². The van der Waals surface area contributed by atoms with E-state index in [4.69, 9.17) is 21.1 Å². The lowest BCUT2D eigenvalue weighted by atomic mass is 10.2. The van der Waals surface area contributed by atoms with E-state index < -0.39 is 0 Å². The zero-order valence-corrected chi connectivity index (χ0v) is 18.1. The van der Waals surface area contributed by atoms with Gasteiger partial charge in [-0.3, -0.25) is 14.7 Å². The molecule has 3 rings (SSSR count). The number of carbonyl (C=O) groups excluding carboxylic acids is 1. The second-order valence-corrected chi connectivity index (χ2v) is 7.82. The molecule has 0 radical (unpaired) electrons. The maximum Gasteiger partial charge on any atom is 0.222 e. The van der Waals surface area contributed by atoms with E-state index in [1.165, 1.54) is 0 Å². The molecule has 1 aliphatic heterocycles. The first-order valence-electron chi connectivity index (χ1n) is 10.6. The van der Waals surface area contributed by atoms with E-state index in [-0.39, 0.29) is 5.91 Å². The number of halogens is 1. The van der Waals surface area contributed by atoms with Gasteiger partial charge in [0.1, 0.15) is 5.75 Å². The molecule has 0 spiro atoms. The van der Waals surface area contributed by atoms with Gasteiger partial charge in [0.15, 0.2) is 0 Å². The number of benzene rings is 1. The van der Waals surface area contributed by atoms with Crippen LogP contribution in [-0.4, -0.2) is 66.7 Å². The van der Waals surface area contributed by atoms with Crippen molar-refractivity contribution in [2.75, 3.05) is 46.0 Å². The molecule has 1 fully saturated rings. The first kappa shape index (κ1) is 22.5. The topological polar surface area (TPSA) is 54.9 Å². The van der Waals surface area contributed by atoms with Crippen LogP contribution in [0.25, 0.3) is 0 Å². The predicted molar refractivity (Wildman–Crippen MR) is 118 cm³/mol. The van der Waals surface area contributed by atoms with E-state index in [0.29, 0.717) is 31.0 Å². The van der Waals surface area contributed by atoms with E-state index >= 15 is 0 Å². The normalized spacial score (nSPS) is 14.4. The molecule has 0 aliphatic carbocycles. The molecule has 1 aromatic carbocycles. The van der Waals surface area contributed by atoms with Crippen molar-refractivity contribution in [1.82, 2.24) is 14.8 Å². The van der Waals surface area contributed by atoms with E-state index in [1.807, 2.05) is 29.2 Å². The van der Waals surface area contributed by atoms with Gasteiger partial charge in [-0.2, -0.15) is 0 Å². The summed E-state index contributed by atoms with van der Waals surface area (Å²) in [7, 11) is 0. The van der Waals surface area contributed by atoms with Gasteiger partial charge >= 0.3 is 0 Å². The van der Waals surface area contributed by atoms with Gasteiger partial charge in [-0.25, -0.2) is 0 Å². The number of ether oxygens (including phenoxy) is 2. The molecule has 1 aromatic heterocycles. The molecule has 2 aromatic rings. The average molecular weight is 432 g/mol. The zero-order valence-electron chi connectivity index (χ0n) is 17.3. The Labute approximate surface area is 183 Å². The maximum absolute atomic E-state index is 12.9. The van der Waals surface area contributed by atoms with Crippen molar-refractivity contribution in [2.45, 2.75) is 25.8 Å². The van der Waals surface area contributed by atoms with Gasteiger partial charge in [-0.1, -0.05) is 11.6 Å². The van der Waals surface area contributed by atoms with Gasteiger partial charge in [0, 0.05) is 56.6 Å². The van der Waals surface area contributed by atoms with Crippen molar-refractivity contribution in [3.63, 3.8) is 0 Å². The summed E-state index contributed by atoms with van der Waals surface area (Å²) in [5, 5.41) is 0.682. The van der Waals surface area contributed by atoms with Crippen LogP contribution in [0.1, 0.15) is 24.8 Å². The van der Waals surface area contributed by atoms with Gasteiger partial charge in [-0.05, 0) is 54.8 Å². The Bertz CT molecular complexity index is 752. The van der Waals surface area contributed by atoms with E-state index in [1.54, 1.807) is 24.5 Å². The Morgan fingerprint density at radius 1 is 1.10 bits per heavy atom. The number of morpholine rings is 1. The molecule has 162 valence electrons. The SMILES string of the molecule is O=C(CCCOc1ccc(Cl)cc1)N(CCCN1CCOCC1)Cc1ccncc1. The number of hydrogen-bond acceptors (Lipinski definition) is 5. The Morgan fingerprint density at radius 2 is 1.83 bits per heavy atom. The fourth-order valence-electron chi connectivity index (χ4n) is 3.41. The van der Waals surface area contributed by atoms with E-state index in [2.05, 4.69) is 9.88 Å². The molecule has 0 saturated carbocycles. The lowest BCUT2D eigenvalue weighted by molar-refractivity contribution is -0.132. The molecule has 1 amide bonds. The monoisotopic (exact) mass is 431 g/mol. The summed E-state index contributed by atoms with van der Waals surface area (Å²) < 4.78 is 11.1. The van der Waals surface area contributed by atoms with Crippen LogP contribution in [0.3, 0.4) is 0 Å². The van der Waals surface area contributed by atoms with Crippen LogP contribution in [0.4, 0.5) is 0 Å². The number of nitrogens with zero attached hydrogens (tertiary/aromatic N) is 3. The lowest BCUT2D eigenvalue weighted by Gasteiger charge is -2.28. The quantitative estimate of drug-likeness (QED) is 0.508. The number of pyridine rings is 1. The minimum Gasteiger partial charge on any atom is -0.494 e. The van der Waals surface area contributed by atoms with Crippen molar-refractivity contribution >= 4 is 17.5 Å². The smallest absolute Gasteiger partial charge is 0.222 e. The second kappa shape index (κ2) is 12.5. The van der Waals surface area contributed by atoms with Gasteiger partial charge in [0.25, 0.3) is 0 Å². The first-order valence-corrected chi connectivity index (χ1v) is 10.9. The van der Waals surface area contributed by atoms with Crippen LogP contribution in [-0.2, 0) is 16.1 Å². The third kappa shape index (κ3) is 7.94. The van der Waals surface area contributed by atoms with Crippen molar-refractivity contribution < 1.29 is 14.3 Å². The average Bonchev–Trinajstić information content (AvgIpc) is 2.78. The number of hydrogen-bond donors (Lipinski definition) is 0. The third-order valence-corrected chi connectivity index (χ3v) is 5.35. The van der Waals surface area contributed by atoms with Crippen molar-refractivity contribution in [3.8, 4) is 5.75 Å². The van der Waals surface area contributed by atoms with Crippen molar-refractivity contribution in [1.29, 1.82) is 0 Å². The minimum absolute atomic E-state index is 0.161. The molecule has 0 atom stereocenters. The number of aromatic nitrogens is 1. The number of rotatable bonds is 11. The van der Waals surface area contributed by atoms with Crippen molar-refractivity contribution in [3.05, 3.63) is 59.4 Å². The highest BCUT2D eigenvalue weighted by Gasteiger charge is 2.16. The highest BCUT2D eigenvalue weighted by atomic mass is 35.5. The maximum atomic E-state index is 12.9. The highest BCUT2D eigenvalue weighted by Crippen LogP contribution is 2.16. The zero-order chi connectivity index (χ0) is 21.0. The largest absolute Gasteiger partial charge is 0.494 e. The summed E-state index contributed by atoms with van der Waals surface area (Å²) in [6.45, 7) is 6.40. The molecule has 0 N–H and O–H groups in total. The van der Waals surface area contributed by atoms with Gasteiger partial charge in [-0.15, -0.1) is 0 Å². The Kier molecular flexibility index (Phi) is 9.41. The summed E-state index contributed by atoms with van der Waals surface area (Å²) in [6, 6.07) is 11.2. The Hall–Kier alpha value is -2.15. The van der Waals surface area contributed by atoms with Crippen LogP contribution >= 0.6 is 11.6 Å². The highest BCUT2D eigenvalue weighted by molar-refractivity contribution is 6.30. The van der Waals surface area contributed by atoms with E-state index in [0.717, 1.165) is 57.1 Å². The Balaban J connectivity index is 1.45. The first-order chi connectivity index (χ1) is 14.7. The molecule has 0 unspecified atom stereocenters. The molecular formula is C23H30ClN3O3. The van der Waals surface area contributed by atoms with Crippen LogP contribution in [0, 0.1) is 0 Å². The molecule has 7 heteroatoms. The molecule has 0 bridgehead atoms. The number of carbonyl (C=O) groups is 1. The van der Waals surface area contributed by atoms with Gasteiger partial charge < -0.3 is 14.4 Å². The Morgan fingerprint density at radius 3 is 2.57 bits per heavy atom. The van der Waals surface area contributed by atoms with E-state index in [9.17, 15) is 4.79 Å². The molecule has 6 nitrogen and oxygen atoms in total. The molecule has 1 saturated heterocycles. The summed E-state index contributed by atoms with van der Waals surface area (Å²) in [6.07, 6.45) is 5.64. The van der Waals surface area contributed by atoms with Gasteiger partial charge in [0.2, 0.25) is 5.91 Å². The number of amides is 1. The van der Waals surface area contributed by atoms with Crippen molar-refractivity contribution in [2.24, 2.45) is 0 Å². The second-order valence-electron chi connectivity index (χ2n) is 7.38.